The first-order valence-corrected chi connectivity index (χ1v) is 9.62. The van der Waals surface area contributed by atoms with E-state index in [1.165, 1.54) is 28.8 Å². The van der Waals surface area contributed by atoms with Crippen molar-refractivity contribution in [2.45, 2.75) is 6.92 Å². The first kappa shape index (κ1) is 19.2. The lowest BCUT2D eigenvalue weighted by Gasteiger charge is -2.12. The van der Waals surface area contributed by atoms with Crippen LogP contribution in [0, 0.1) is 0 Å². The van der Waals surface area contributed by atoms with Crippen LogP contribution in [0.4, 0.5) is 5.69 Å². The van der Waals surface area contributed by atoms with Crippen LogP contribution in [-0.4, -0.2) is 38.7 Å². The van der Waals surface area contributed by atoms with E-state index in [4.69, 9.17) is 5.11 Å². The Morgan fingerprint density at radius 2 is 2.07 bits per heavy atom. The lowest BCUT2D eigenvalue weighted by Crippen LogP contribution is -2.28. The van der Waals surface area contributed by atoms with Crippen molar-refractivity contribution in [2.75, 3.05) is 6.54 Å². The lowest BCUT2D eigenvalue weighted by molar-refractivity contribution is -0.122. The topological polar surface area (TPSA) is 90.2 Å². The summed E-state index contributed by atoms with van der Waals surface area (Å²) in [6.07, 6.45) is 1.62. The van der Waals surface area contributed by atoms with Crippen molar-refractivity contribution in [1.29, 1.82) is 0 Å². The molecule has 1 amide bonds. The maximum atomic E-state index is 12.7. The first-order valence-electron chi connectivity index (χ1n) is 8.01. The molecule has 2 aromatic rings. The number of amides is 1. The van der Waals surface area contributed by atoms with E-state index in [-0.39, 0.29) is 17.2 Å². The second-order valence-corrected chi connectivity index (χ2v) is 7.54. The maximum absolute atomic E-state index is 12.7. The van der Waals surface area contributed by atoms with Gasteiger partial charge in [0.1, 0.15) is 5.75 Å². The van der Waals surface area contributed by atoms with Gasteiger partial charge < -0.3 is 10.2 Å². The molecule has 3 rings (SSSR count). The number of halogens is 1. The molecule has 0 bridgehead atoms. The van der Waals surface area contributed by atoms with Gasteiger partial charge in [0.05, 0.1) is 16.2 Å². The van der Waals surface area contributed by atoms with E-state index in [1.54, 1.807) is 36.4 Å². The Morgan fingerprint density at radius 3 is 2.78 bits per heavy atom. The SMILES string of the molecule is CCN1C(=O)/C(=C/c2cc(Br)ccc2O)SC1=Nc1cccc(C(=O)O)c1. The van der Waals surface area contributed by atoms with Crippen LogP contribution in [0.25, 0.3) is 6.08 Å². The molecule has 1 heterocycles. The molecule has 8 heteroatoms. The summed E-state index contributed by atoms with van der Waals surface area (Å²) in [4.78, 5) is 30.2. The van der Waals surface area contributed by atoms with Gasteiger partial charge >= 0.3 is 5.97 Å². The Bertz CT molecular complexity index is 987. The van der Waals surface area contributed by atoms with E-state index in [2.05, 4.69) is 20.9 Å². The van der Waals surface area contributed by atoms with Crippen molar-refractivity contribution >= 4 is 56.5 Å². The number of aromatic carboxylic acids is 1. The highest BCUT2D eigenvalue weighted by Gasteiger charge is 2.32. The van der Waals surface area contributed by atoms with Crippen LogP contribution in [0.3, 0.4) is 0 Å². The number of phenols is 1. The molecule has 0 saturated carbocycles. The second-order valence-electron chi connectivity index (χ2n) is 5.61. The molecular weight excluding hydrogens is 432 g/mol. The molecule has 2 aromatic carbocycles. The average Bonchev–Trinajstić information content (AvgIpc) is 2.93. The van der Waals surface area contributed by atoms with Gasteiger partial charge in [0, 0.05) is 16.6 Å². The van der Waals surface area contributed by atoms with E-state index in [1.807, 2.05) is 6.92 Å². The van der Waals surface area contributed by atoms with Gasteiger partial charge in [-0.15, -0.1) is 0 Å². The Morgan fingerprint density at radius 1 is 1.30 bits per heavy atom. The van der Waals surface area contributed by atoms with Gasteiger partial charge in [-0.05, 0) is 61.2 Å². The number of rotatable bonds is 4. The molecule has 0 spiro atoms. The van der Waals surface area contributed by atoms with E-state index in [9.17, 15) is 14.7 Å². The van der Waals surface area contributed by atoms with Crippen molar-refractivity contribution < 1.29 is 19.8 Å². The minimum atomic E-state index is -1.04. The van der Waals surface area contributed by atoms with Gasteiger partial charge in [0.15, 0.2) is 5.17 Å². The monoisotopic (exact) mass is 446 g/mol. The number of phenolic OH excluding ortho intramolecular Hbond substituents is 1. The van der Waals surface area contributed by atoms with Crippen molar-refractivity contribution in [1.82, 2.24) is 4.90 Å². The number of thioether (sulfide) groups is 1. The summed E-state index contributed by atoms with van der Waals surface area (Å²) in [6.45, 7) is 2.26. The van der Waals surface area contributed by atoms with Crippen molar-refractivity contribution in [2.24, 2.45) is 4.99 Å². The van der Waals surface area contributed by atoms with E-state index in [0.717, 1.165) is 4.47 Å². The summed E-state index contributed by atoms with van der Waals surface area (Å²) in [6, 6.07) is 11.2. The van der Waals surface area contributed by atoms with Gasteiger partial charge in [-0.1, -0.05) is 22.0 Å². The van der Waals surface area contributed by atoms with Crippen LogP contribution in [0.5, 0.6) is 5.75 Å². The normalized spacial score (nSPS) is 17.1. The zero-order chi connectivity index (χ0) is 19.6. The summed E-state index contributed by atoms with van der Waals surface area (Å²) in [7, 11) is 0. The third-order valence-electron chi connectivity index (χ3n) is 3.80. The Balaban J connectivity index is 1.97. The number of hydrogen-bond acceptors (Lipinski definition) is 5. The minimum Gasteiger partial charge on any atom is -0.507 e. The number of carbonyl (C=O) groups is 2. The van der Waals surface area contributed by atoms with Crippen LogP contribution in [0.15, 0.2) is 56.8 Å². The number of carboxylic acids is 1. The predicted molar refractivity (Wildman–Crippen MR) is 109 cm³/mol. The molecule has 138 valence electrons. The number of likely N-dealkylation sites (N-methyl/N-ethyl adjacent to an activating group) is 1. The molecule has 1 saturated heterocycles. The number of benzene rings is 2. The molecule has 0 unspecified atom stereocenters. The number of aromatic hydroxyl groups is 1. The van der Waals surface area contributed by atoms with E-state index >= 15 is 0 Å². The zero-order valence-corrected chi connectivity index (χ0v) is 16.6. The highest BCUT2D eigenvalue weighted by molar-refractivity contribution is 9.10. The fourth-order valence-corrected chi connectivity index (χ4v) is 3.90. The molecule has 1 aliphatic heterocycles. The molecule has 0 radical (unpaired) electrons. The van der Waals surface area contributed by atoms with Crippen molar-refractivity contribution in [3.05, 3.63) is 63.0 Å². The largest absolute Gasteiger partial charge is 0.507 e. The summed E-state index contributed by atoms with van der Waals surface area (Å²) in [5.74, 6) is -1.18. The second kappa shape index (κ2) is 7.98. The van der Waals surface area contributed by atoms with Crippen LogP contribution >= 0.6 is 27.7 Å². The summed E-state index contributed by atoms with van der Waals surface area (Å²) in [5, 5.41) is 19.6. The van der Waals surface area contributed by atoms with Gasteiger partial charge in [0.25, 0.3) is 5.91 Å². The van der Waals surface area contributed by atoms with Gasteiger partial charge in [-0.25, -0.2) is 9.79 Å². The fourth-order valence-electron chi connectivity index (χ4n) is 2.47. The summed E-state index contributed by atoms with van der Waals surface area (Å²) < 4.78 is 0.786. The molecule has 27 heavy (non-hydrogen) atoms. The summed E-state index contributed by atoms with van der Waals surface area (Å²) >= 11 is 4.53. The van der Waals surface area contributed by atoms with Crippen LogP contribution in [0.2, 0.25) is 0 Å². The molecule has 2 N–H and O–H groups in total. The molecule has 0 atom stereocenters. The predicted octanol–water partition coefficient (Wildman–Crippen LogP) is 4.48. The number of carboxylic acid groups (broad SMARTS) is 1. The average molecular weight is 447 g/mol. The number of hydrogen-bond donors (Lipinski definition) is 2. The quantitative estimate of drug-likeness (QED) is 0.675. The van der Waals surface area contributed by atoms with E-state index < -0.39 is 5.97 Å². The van der Waals surface area contributed by atoms with Crippen LogP contribution in [-0.2, 0) is 4.79 Å². The highest BCUT2D eigenvalue weighted by Crippen LogP contribution is 2.35. The van der Waals surface area contributed by atoms with Crippen LogP contribution < -0.4 is 0 Å². The van der Waals surface area contributed by atoms with Crippen molar-refractivity contribution in [3.8, 4) is 5.75 Å². The lowest BCUT2D eigenvalue weighted by atomic mass is 10.2. The molecule has 0 aliphatic carbocycles. The third kappa shape index (κ3) is 4.23. The summed E-state index contributed by atoms with van der Waals surface area (Å²) in [5.41, 5.74) is 1.10. The standard InChI is InChI=1S/C19H15BrN2O4S/c1-2-22-17(24)16(10-12-8-13(20)6-7-15(12)23)27-19(22)21-14-5-3-4-11(9-14)18(25)26/h3-10,23H,2H2,1H3,(H,25,26)/b16-10-,21-19?. The number of aliphatic imine (C=N–C) groups is 1. The zero-order valence-electron chi connectivity index (χ0n) is 14.2. The van der Waals surface area contributed by atoms with Gasteiger partial charge in [-0.3, -0.25) is 9.69 Å². The van der Waals surface area contributed by atoms with Gasteiger partial charge in [-0.2, -0.15) is 0 Å². The number of carbonyl (C=O) groups excluding carboxylic acids is 1. The number of amidine groups is 1. The Labute approximate surface area is 168 Å². The molecule has 1 fully saturated rings. The Hall–Kier alpha value is -2.58. The van der Waals surface area contributed by atoms with Crippen LogP contribution in [0.1, 0.15) is 22.8 Å². The molecule has 6 nitrogen and oxygen atoms in total. The first-order chi connectivity index (χ1) is 12.9. The maximum Gasteiger partial charge on any atom is 0.335 e. The van der Waals surface area contributed by atoms with E-state index in [0.29, 0.717) is 27.9 Å². The molecular formula is C19H15BrN2O4S. The smallest absolute Gasteiger partial charge is 0.335 e. The highest BCUT2D eigenvalue weighted by atomic mass is 79.9. The fraction of sp³-hybridized carbons (Fsp3) is 0.105. The Kier molecular flexibility index (Phi) is 5.67. The van der Waals surface area contributed by atoms with Crippen molar-refractivity contribution in [3.63, 3.8) is 0 Å². The minimum absolute atomic E-state index is 0.0710. The molecule has 1 aliphatic rings. The van der Waals surface area contributed by atoms with Gasteiger partial charge in [0.2, 0.25) is 0 Å². The molecule has 0 aromatic heterocycles. The number of nitrogens with zero attached hydrogens (tertiary/aromatic N) is 2. The third-order valence-corrected chi connectivity index (χ3v) is 5.30.